The maximum absolute atomic E-state index is 12.4. The van der Waals surface area contributed by atoms with Crippen molar-refractivity contribution >= 4 is 44.9 Å². The standard InChI is InChI=1S/C19H14ClN3OS/c1-11-17(13-7-3-5-9-15(13)21-11)16-10-25-19(22-16)23-18(24)12-6-2-4-8-14(12)20/h2-10,21H,1H3,(H,22,23,24). The molecule has 25 heavy (non-hydrogen) atoms. The number of benzene rings is 2. The number of anilines is 1. The van der Waals surface area contributed by atoms with E-state index >= 15 is 0 Å². The van der Waals surface area contributed by atoms with Crippen LogP contribution in [0.15, 0.2) is 53.9 Å². The van der Waals surface area contributed by atoms with Gasteiger partial charge in [-0.15, -0.1) is 11.3 Å². The average molecular weight is 368 g/mol. The van der Waals surface area contributed by atoms with E-state index in [0.29, 0.717) is 15.7 Å². The lowest BCUT2D eigenvalue weighted by molar-refractivity contribution is 0.102. The fourth-order valence-electron chi connectivity index (χ4n) is 2.86. The normalized spacial score (nSPS) is 11.0. The summed E-state index contributed by atoms with van der Waals surface area (Å²) in [5, 5.41) is 6.86. The summed E-state index contributed by atoms with van der Waals surface area (Å²) in [7, 11) is 0. The molecule has 0 aliphatic heterocycles. The third-order valence-electron chi connectivity index (χ3n) is 3.99. The number of fused-ring (bicyclic) bond motifs is 1. The van der Waals surface area contributed by atoms with Crippen molar-refractivity contribution < 1.29 is 4.79 Å². The highest BCUT2D eigenvalue weighted by Gasteiger charge is 2.16. The van der Waals surface area contributed by atoms with Gasteiger partial charge in [0.2, 0.25) is 0 Å². The Bertz CT molecular complexity index is 1080. The number of carbonyl (C=O) groups is 1. The summed E-state index contributed by atoms with van der Waals surface area (Å²) >= 11 is 7.47. The second-order valence-electron chi connectivity index (χ2n) is 5.64. The van der Waals surface area contributed by atoms with E-state index in [1.807, 2.05) is 30.5 Å². The SMILES string of the molecule is Cc1[nH]c2ccccc2c1-c1csc(NC(=O)c2ccccc2Cl)n1. The quantitative estimate of drug-likeness (QED) is 0.502. The number of carbonyl (C=O) groups excluding carboxylic acids is 1. The molecule has 2 aromatic heterocycles. The fraction of sp³-hybridized carbons (Fsp3) is 0.0526. The molecule has 4 rings (SSSR count). The molecule has 4 nitrogen and oxygen atoms in total. The number of nitrogens with zero attached hydrogens (tertiary/aromatic N) is 1. The van der Waals surface area contributed by atoms with Gasteiger partial charge >= 0.3 is 0 Å². The van der Waals surface area contributed by atoms with E-state index in [-0.39, 0.29) is 5.91 Å². The Morgan fingerprint density at radius 3 is 2.76 bits per heavy atom. The number of amides is 1. The third kappa shape index (κ3) is 2.92. The number of aromatic amines is 1. The van der Waals surface area contributed by atoms with Gasteiger partial charge in [0.05, 0.1) is 16.3 Å². The molecule has 4 aromatic rings. The zero-order valence-electron chi connectivity index (χ0n) is 13.3. The summed E-state index contributed by atoms with van der Waals surface area (Å²) in [4.78, 5) is 20.3. The van der Waals surface area contributed by atoms with Crippen LogP contribution in [-0.2, 0) is 0 Å². The number of aromatic nitrogens is 2. The van der Waals surface area contributed by atoms with Gasteiger partial charge in [0.25, 0.3) is 5.91 Å². The highest BCUT2D eigenvalue weighted by atomic mass is 35.5. The molecule has 0 saturated carbocycles. The Balaban J connectivity index is 1.65. The van der Waals surface area contributed by atoms with Crippen molar-refractivity contribution in [3.8, 4) is 11.3 Å². The summed E-state index contributed by atoms with van der Waals surface area (Å²) in [5.74, 6) is -0.262. The van der Waals surface area contributed by atoms with Crippen LogP contribution < -0.4 is 5.32 Å². The summed E-state index contributed by atoms with van der Waals surface area (Å²) in [6.07, 6.45) is 0. The Morgan fingerprint density at radius 1 is 1.16 bits per heavy atom. The first kappa shape index (κ1) is 15.9. The molecule has 0 unspecified atom stereocenters. The Morgan fingerprint density at radius 2 is 1.92 bits per heavy atom. The van der Waals surface area contributed by atoms with Crippen molar-refractivity contribution in [2.75, 3.05) is 5.32 Å². The Labute approximate surface area is 153 Å². The number of nitrogens with one attached hydrogen (secondary N) is 2. The summed E-state index contributed by atoms with van der Waals surface area (Å²) in [6.45, 7) is 2.02. The van der Waals surface area contributed by atoms with E-state index < -0.39 is 0 Å². The molecule has 124 valence electrons. The van der Waals surface area contributed by atoms with Crippen molar-refractivity contribution in [2.24, 2.45) is 0 Å². The van der Waals surface area contributed by atoms with E-state index in [4.69, 9.17) is 11.6 Å². The molecule has 2 heterocycles. The van der Waals surface area contributed by atoms with Crippen LogP contribution >= 0.6 is 22.9 Å². The zero-order valence-corrected chi connectivity index (χ0v) is 14.9. The van der Waals surface area contributed by atoms with Gasteiger partial charge in [-0.1, -0.05) is 41.9 Å². The van der Waals surface area contributed by atoms with Crippen LogP contribution in [0.5, 0.6) is 0 Å². The maximum Gasteiger partial charge on any atom is 0.258 e. The van der Waals surface area contributed by atoms with Crippen LogP contribution in [0.1, 0.15) is 16.1 Å². The van der Waals surface area contributed by atoms with E-state index in [9.17, 15) is 4.79 Å². The van der Waals surface area contributed by atoms with Crippen molar-refractivity contribution in [1.29, 1.82) is 0 Å². The minimum atomic E-state index is -0.262. The average Bonchev–Trinajstić information content (AvgIpc) is 3.18. The first-order valence-corrected chi connectivity index (χ1v) is 8.98. The van der Waals surface area contributed by atoms with Crippen LogP contribution in [0.25, 0.3) is 22.2 Å². The van der Waals surface area contributed by atoms with E-state index in [1.54, 1.807) is 24.3 Å². The predicted octanol–water partition coefficient (Wildman–Crippen LogP) is 5.51. The van der Waals surface area contributed by atoms with Crippen LogP contribution in [0.4, 0.5) is 5.13 Å². The number of hydrogen-bond donors (Lipinski definition) is 2. The molecule has 0 aliphatic carbocycles. The highest BCUT2D eigenvalue weighted by Crippen LogP contribution is 2.34. The van der Waals surface area contributed by atoms with E-state index in [1.165, 1.54) is 11.3 Å². The number of rotatable bonds is 3. The molecule has 0 aliphatic rings. The second kappa shape index (κ2) is 6.35. The van der Waals surface area contributed by atoms with Crippen molar-refractivity contribution in [2.45, 2.75) is 6.92 Å². The van der Waals surface area contributed by atoms with Gasteiger partial charge in [0.15, 0.2) is 5.13 Å². The molecular formula is C19H14ClN3OS. The molecule has 0 bridgehead atoms. The lowest BCUT2D eigenvalue weighted by atomic mass is 10.1. The molecule has 0 atom stereocenters. The van der Waals surface area contributed by atoms with Crippen molar-refractivity contribution in [3.63, 3.8) is 0 Å². The largest absolute Gasteiger partial charge is 0.358 e. The number of thiazole rings is 1. The van der Waals surface area contributed by atoms with Crippen LogP contribution in [0.3, 0.4) is 0 Å². The van der Waals surface area contributed by atoms with Gasteiger partial charge in [-0.25, -0.2) is 4.98 Å². The monoisotopic (exact) mass is 367 g/mol. The van der Waals surface area contributed by atoms with Gasteiger partial charge < -0.3 is 4.98 Å². The van der Waals surface area contributed by atoms with Gasteiger partial charge in [-0.3, -0.25) is 10.1 Å². The van der Waals surface area contributed by atoms with Gasteiger partial charge in [0, 0.05) is 27.5 Å². The van der Waals surface area contributed by atoms with Crippen LogP contribution in [-0.4, -0.2) is 15.9 Å². The molecule has 0 fully saturated rings. The number of para-hydroxylation sites is 1. The number of hydrogen-bond acceptors (Lipinski definition) is 3. The molecule has 6 heteroatoms. The number of halogens is 1. The molecule has 2 aromatic carbocycles. The van der Waals surface area contributed by atoms with Crippen molar-refractivity contribution in [1.82, 2.24) is 9.97 Å². The second-order valence-corrected chi connectivity index (χ2v) is 6.91. The third-order valence-corrected chi connectivity index (χ3v) is 5.08. The van der Waals surface area contributed by atoms with E-state index in [2.05, 4.69) is 21.4 Å². The minimum Gasteiger partial charge on any atom is -0.358 e. The zero-order chi connectivity index (χ0) is 17.4. The lowest BCUT2D eigenvalue weighted by Gasteiger charge is -2.03. The predicted molar refractivity (Wildman–Crippen MR) is 104 cm³/mol. The summed E-state index contributed by atoms with van der Waals surface area (Å²) in [6, 6.07) is 15.1. The van der Waals surface area contributed by atoms with Gasteiger partial charge in [-0.05, 0) is 25.1 Å². The first-order valence-electron chi connectivity index (χ1n) is 7.72. The van der Waals surface area contributed by atoms with Crippen molar-refractivity contribution in [3.05, 3.63) is 70.2 Å². The molecule has 0 radical (unpaired) electrons. The fourth-order valence-corrected chi connectivity index (χ4v) is 3.78. The van der Waals surface area contributed by atoms with Gasteiger partial charge in [0.1, 0.15) is 0 Å². The Hall–Kier alpha value is -2.63. The van der Waals surface area contributed by atoms with Crippen LogP contribution in [0, 0.1) is 6.92 Å². The smallest absolute Gasteiger partial charge is 0.258 e. The lowest BCUT2D eigenvalue weighted by Crippen LogP contribution is -2.12. The molecule has 2 N–H and O–H groups in total. The molecule has 0 saturated heterocycles. The maximum atomic E-state index is 12.4. The summed E-state index contributed by atoms with van der Waals surface area (Å²) < 4.78 is 0. The van der Waals surface area contributed by atoms with Crippen LogP contribution in [0.2, 0.25) is 5.02 Å². The minimum absolute atomic E-state index is 0.262. The topological polar surface area (TPSA) is 57.8 Å². The number of H-pyrrole nitrogens is 1. The van der Waals surface area contributed by atoms with E-state index in [0.717, 1.165) is 27.9 Å². The first-order chi connectivity index (χ1) is 12.1. The Kier molecular flexibility index (Phi) is 4.03. The molecule has 1 amide bonds. The summed E-state index contributed by atoms with van der Waals surface area (Å²) in [5.41, 5.74) is 4.46. The molecular weight excluding hydrogens is 354 g/mol. The number of aryl methyl sites for hydroxylation is 1. The highest BCUT2D eigenvalue weighted by molar-refractivity contribution is 7.14. The van der Waals surface area contributed by atoms with Gasteiger partial charge in [-0.2, -0.15) is 0 Å². The molecule has 0 spiro atoms.